The standard InChI is InChI=1S/C24H29N3O3S/c1-17(2)16-30-21-9-5-4-8-20(21)22(28)26-24(31)25-19-12-10-18(11-13-19)23(29)27-14-6-3-7-15-27/h4-5,8-13,17H,3,6-7,14-16H2,1-2H3,(H2,25,26,28,31). The van der Waals surface area contributed by atoms with E-state index in [-0.39, 0.29) is 16.9 Å². The summed E-state index contributed by atoms with van der Waals surface area (Å²) in [5, 5.41) is 5.86. The number of carbonyl (C=O) groups excluding carboxylic acids is 2. The van der Waals surface area contributed by atoms with E-state index in [1.165, 1.54) is 6.42 Å². The van der Waals surface area contributed by atoms with Crippen molar-refractivity contribution in [3.8, 4) is 5.75 Å². The number of para-hydroxylation sites is 1. The fraction of sp³-hybridized carbons (Fsp3) is 0.375. The Hall–Kier alpha value is -2.93. The highest BCUT2D eigenvalue weighted by Gasteiger charge is 2.18. The lowest BCUT2D eigenvalue weighted by molar-refractivity contribution is 0.0724. The monoisotopic (exact) mass is 439 g/mol. The Balaban J connectivity index is 1.57. The minimum Gasteiger partial charge on any atom is -0.492 e. The molecule has 1 fully saturated rings. The van der Waals surface area contributed by atoms with Crippen LogP contribution in [0.1, 0.15) is 53.8 Å². The molecule has 3 rings (SSSR count). The topological polar surface area (TPSA) is 70.7 Å². The van der Waals surface area contributed by atoms with Crippen LogP contribution in [0, 0.1) is 5.92 Å². The number of nitrogens with zero attached hydrogens (tertiary/aromatic N) is 1. The third-order valence-corrected chi connectivity index (χ3v) is 5.17. The van der Waals surface area contributed by atoms with Gasteiger partial charge >= 0.3 is 0 Å². The van der Waals surface area contributed by atoms with Crippen molar-refractivity contribution in [2.75, 3.05) is 25.0 Å². The molecule has 6 nitrogen and oxygen atoms in total. The highest BCUT2D eigenvalue weighted by atomic mass is 32.1. The first-order valence-electron chi connectivity index (χ1n) is 10.7. The second-order valence-corrected chi connectivity index (χ2v) is 8.45. The van der Waals surface area contributed by atoms with E-state index in [2.05, 4.69) is 10.6 Å². The summed E-state index contributed by atoms with van der Waals surface area (Å²) in [6.45, 7) is 6.25. The number of anilines is 1. The molecule has 7 heteroatoms. The van der Waals surface area contributed by atoms with Crippen LogP contribution >= 0.6 is 12.2 Å². The van der Waals surface area contributed by atoms with E-state index < -0.39 is 0 Å². The number of benzene rings is 2. The van der Waals surface area contributed by atoms with Crippen LogP contribution < -0.4 is 15.4 Å². The molecular weight excluding hydrogens is 410 g/mol. The summed E-state index contributed by atoms with van der Waals surface area (Å²) in [6, 6.07) is 14.2. The maximum atomic E-state index is 12.7. The summed E-state index contributed by atoms with van der Waals surface area (Å²) in [5.74, 6) is 0.592. The predicted octanol–water partition coefficient (Wildman–Crippen LogP) is 4.47. The predicted molar refractivity (Wildman–Crippen MR) is 127 cm³/mol. The van der Waals surface area contributed by atoms with Gasteiger partial charge in [-0.05, 0) is 73.8 Å². The number of thiocarbonyl (C=S) groups is 1. The number of ether oxygens (including phenoxy) is 1. The Morgan fingerprint density at radius 1 is 1.03 bits per heavy atom. The first kappa shape index (κ1) is 22.7. The summed E-state index contributed by atoms with van der Waals surface area (Å²) >= 11 is 5.29. The van der Waals surface area contributed by atoms with E-state index in [9.17, 15) is 9.59 Å². The average molecular weight is 440 g/mol. The molecule has 2 aromatic carbocycles. The van der Waals surface area contributed by atoms with Crippen molar-refractivity contribution in [1.29, 1.82) is 0 Å². The van der Waals surface area contributed by atoms with E-state index in [0.29, 0.717) is 35.1 Å². The van der Waals surface area contributed by atoms with Crippen molar-refractivity contribution in [3.05, 3.63) is 59.7 Å². The molecule has 0 unspecified atom stereocenters. The zero-order valence-corrected chi connectivity index (χ0v) is 18.8. The molecular formula is C24H29N3O3S. The van der Waals surface area contributed by atoms with Gasteiger partial charge in [0.15, 0.2) is 5.11 Å². The smallest absolute Gasteiger partial charge is 0.261 e. The van der Waals surface area contributed by atoms with Gasteiger partial charge in [0.1, 0.15) is 5.75 Å². The first-order valence-corrected chi connectivity index (χ1v) is 11.1. The number of nitrogens with one attached hydrogen (secondary N) is 2. The van der Waals surface area contributed by atoms with Gasteiger partial charge in [0, 0.05) is 24.3 Å². The molecule has 2 N–H and O–H groups in total. The van der Waals surface area contributed by atoms with Gasteiger partial charge in [-0.25, -0.2) is 0 Å². The van der Waals surface area contributed by atoms with Gasteiger partial charge in [-0.15, -0.1) is 0 Å². The maximum Gasteiger partial charge on any atom is 0.261 e. The molecule has 2 aromatic rings. The fourth-order valence-corrected chi connectivity index (χ4v) is 3.56. The van der Waals surface area contributed by atoms with E-state index in [1.54, 1.807) is 42.5 Å². The van der Waals surface area contributed by atoms with Gasteiger partial charge in [0.25, 0.3) is 11.8 Å². The van der Waals surface area contributed by atoms with Gasteiger partial charge in [0.2, 0.25) is 0 Å². The Labute approximate surface area is 189 Å². The molecule has 0 spiro atoms. The van der Waals surface area contributed by atoms with Crippen molar-refractivity contribution in [2.24, 2.45) is 5.92 Å². The molecule has 1 saturated heterocycles. The van der Waals surface area contributed by atoms with Crippen LogP contribution in [0.15, 0.2) is 48.5 Å². The molecule has 0 aromatic heterocycles. The van der Waals surface area contributed by atoms with Crippen molar-refractivity contribution in [1.82, 2.24) is 10.2 Å². The fourth-order valence-electron chi connectivity index (χ4n) is 3.35. The van der Waals surface area contributed by atoms with Gasteiger partial charge in [0.05, 0.1) is 12.2 Å². The SMILES string of the molecule is CC(C)COc1ccccc1C(=O)NC(=S)Nc1ccc(C(=O)N2CCCCC2)cc1. The first-order chi connectivity index (χ1) is 14.9. The minimum atomic E-state index is -0.339. The summed E-state index contributed by atoms with van der Waals surface area (Å²) < 4.78 is 5.74. The molecule has 164 valence electrons. The molecule has 0 radical (unpaired) electrons. The second-order valence-electron chi connectivity index (χ2n) is 8.04. The summed E-state index contributed by atoms with van der Waals surface area (Å²) in [4.78, 5) is 27.1. The number of carbonyl (C=O) groups is 2. The van der Waals surface area contributed by atoms with Gasteiger partial charge in [-0.2, -0.15) is 0 Å². The van der Waals surface area contributed by atoms with Crippen LogP contribution in [0.5, 0.6) is 5.75 Å². The molecule has 1 aliphatic heterocycles. The summed E-state index contributed by atoms with van der Waals surface area (Å²) in [5.41, 5.74) is 1.78. The van der Waals surface area contributed by atoms with E-state index >= 15 is 0 Å². The van der Waals surface area contributed by atoms with Crippen LogP contribution in [0.2, 0.25) is 0 Å². The maximum absolute atomic E-state index is 12.7. The summed E-state index contributed by atoms with van der Waals surface area (Å²) in [6.07, 6.45) is 3.31. The highest BCUT2D eigenvalue weighted by molar-refractivity contribution is 7.80. The number of hydrogen-bond donors (Lipinski definition) is 2. The number of piperidine rings is 1. The number of hydrogen-bond acceptors (Lipinski definition) is 4. The second kappa shape index (κ2) is 10.9. The number of rotatable bonds is 6. The largest absolute Gasteiger partial charge is 0.492 e. The Morgan fingerprint density at radius 3 is 2.39 bits per heavy atom. The van der Waals surface area contributed by atoms with Crippen molar-refractivity contribution in [3.63, 3.8) is 0 Å². The third kappa shape index (κ3) is 6.52. The van der Waals surface area contributed by atoms with E-state index in [4.69, 9.17) is 17.0 Å². The normalized spacial score (nSPS) is 13.6. The molecule has 1 aliphatic rings. The van der Waals surface area contributed by atoms with Crippen molar-refractivity contribution < 1.29 is 14.3 Å². The number of likely N-dealkylation sites (tertiary alicyclic amines) is 1. The Morgan fingerprint density at radius 2 is 1.71 bits per heavy atom. The van der Waals surface area contributed by atoms with Crippen LogP contribution in [-0.4, -0.2) is 41.5 Å². The minimum absolute atomic E-state index is 0.0557. The van der Waals surface area contributed by atoms with Crippen LogP contribution in [0.3, 0.4) is 0 Å². The van der Waals surface area contributed by atoms with Gasteiger partial charge in [-0.1, -0.05) is 26.0 Å². The zero-order valence-electron chi connectivity index (χ0n) is 18.0. The summed E-state index contributed by atoms with van der Waals surface area (Å²) in [7, 11) is 0. The average Bonchev–Trinajstić information content (AvgIpc) is 2.78. The zero-order chi connectivity index (χ0) is 22.2. The molecule has 0 saturated carbocycles. The lowest BCUT2D eigenvalue weighted by atomic mass is 10.1. The molecule has 31 heavy (non-hydrogen) atoms. The highest BCUT2D eigenvalue weighted by Crippen LogP contribution is 2.19. The van der Waals surface area contributed by atoms with Crippen molar-refractivity contribution >= 4 is 34.8 Å². The third-order valence-electron chi connectivity index (χ3n) is 4.96. The Bertz CT molecular complexity index is 922. The quantitative estimate of drug-likeness (QED) is 0.650. The van der Waals surface area contributed by atoms with E-state index in [0.717, 1.165) is 25.9 Å². The lowest BCUT2D eigenvalue weighted by Gasteiger charge is -2.26. The van der Waals surface area contributed by atoms with Crippen LogP contribution in [0.4, 0.5) is 5.69 Å². The molecule has 0 aliphatic carbocycles. The number of amides is 2. The van der Waals surface area contributed by atoms with Crippen LogP contribution in [-0.2, 0) is 0 Å². The van der Waals surface area contributed by atoms with Gasteiger partial charge < -0.3 is 15.0 Å². The lowest BCUT2D eigenvalue weighted by Crippen LogP contribution is -2.35. The molecule has 0 bridgehead atoms. The van der Waals surface area contributed by atoms with E-state index in [1.807, 2.05) is 24.8 Å². The van der Waals surface area contributed by atoms with Gasteiger partial charge in [-0.3, -0.25) is 14.9 Å². The molecule has 1 heterocycles. The molecule has 0 atom stereocenters. The van der Waals surface area contributed by atoms with Crippen LogP contribution in [0.25, 0.3) is 0 Å². The Kier molecular flexibility index (Phi) is 8.00. The van der Waals surface area contributed by atoms with Crippen molar-refractivity contribution in [2.45, 2.75) is 33.1 Å². The molecule has 2 amide bonds.